The first-order valence-electron chi connectivity index (χ1n) is 12.8. The van der Waals surface area contributed by atoms with Crippen molar-refractivity contribution < 1.29 is 19.0 Å². The molecular formula is C30H32FN5O5. The van der Waals surface area contributed by atoms with Gasteiger partial charge in [-0.05, 0) is 65.4 Å². The Kier molecular flexibility index (Phi) is 8.82. The summed E-state index contributed by atoms with van der Waals surface area (Å²) in [4.78, 5) is 39.4. The van der Waals surface area contributed by atoms with Crippen LogP contribution in [0.1, 0.15) is 27.0 Å². The Bertz CT molecular complexity index is 1730. The fourth-order valence-corrected chi connectivity index (χ4v) is 4.69. The summed E-state index contributed by atoms with van der Waals surface area (Å²) >= 11 is 0. The van der Waals surface area contributed by atoms with E-state index >= 15 is 4.39 Å². The Morgan fingerprint density at radius 2 is 1.76 bits per heavy atom. The van der Waals surface area contributed by atoms with Gasteiger partial charge < -0.3 is 31.2 Å². The number of nitrogens with one attached hydrogen (secondary N) is 3. The molecule has 0 aliphatic heterocycles. The van der Waals surface area contributed by atoms with Crippen LogP contribution in [0.2, 0.25) is 0 Å². The first kappa shape index (κ1) is 29.4. The van der Waals surface area contributed by atoms with E-state index in [4.69, 9.17) is 10.5 Å². The first-order chi connectivity index (χ1) is 19.5. The van der Waals surface area contributed by atoms with Crippen LogP contribution < -0.4 is 32.4 Å². The van der Waals surface area contributed by atoms with Crippen LogP contribution in [-0.4, -0.2) is 40.4 Å². The van der Waals surface area contributed by atoms with Crippen molar-refractivity contribution in [3.63, 3.8) is 0 Å². The number of rotatable bonds is 9. The number of hydrogen-bond donors (Lipinski definition) is 5. The number of halogens is 1. The number of nitrogens with two attached hydrogens (primary N) is 1. The van der Waals surface area contributed by atoms with Crippen molar-refractivity contribution in [2.24, 2.45) is 12.8 Å². The molecule has 1 aromatic heterocycles. The van der Waals surface area contributed by atoms with E-state index in [0.29, 0.717) is 22.6 Å². The minimum Gasteiger partial charge on any atom is -0.496 e. The van der Waals surface area contributed by atoms with Crippen LogP contribution in [0, 0.1) is 19.7 Å². The Morgan fingerprint density at radius 3 is 2.44 bits per heavy atom. The van der Waals surface area contributed by atoms with Crippen LogP contribution in [0.15, 0.2) is 64.3 Å². The van der Waals surface area contributed by atoms with Crippen LogP contribution in [0.4, 0.5) is 10.1 Å². The monoisotopic (exact) mass is 561 g/mol. The zero-order valence-corrected chi connectivity index (χ0v) is 23.2. The maximum absolute atomic E-state index is 15.2. The largest absolute Gasteiger partial charge is 0.496 e. The summed E-state index contributed by atoms with van der Waals surface area (Å²) in [6.07, 6.45) is 0.0450. The third-order valence-electron chi connectivity index (χ3n) is 6.97. The minimum absolute atomic E-state index is 0.103. The van der Waals surface area contributed by atoms with E-state index in [2.05, 4.69) is 15.6 Å². The third kappa shape index (κ3) is 6.12. The quantitative estimate of drug-likeness (QED) is 0.197. The molecule has 0 saturated carbocycles. The molecule has 214 valence electrons. The minimum atomic E-state index is -1.06. The lowest BCUT2D eigenvalue weighted by atomic mass is 9.90. The van der Waals surface area contributed by atoms with Crippen molar-refractivity contribution in [2.45, 2.75) is 26.6 Å². The number of carbonyl (C=O) groups excluding carboxylic acids is 1. The molecule has 0 radical (unpaired) electrons. The Labute approximate surface area is 235 Å². The van der Waals surface area contributed by atoms with Gasteiger partial charge in [0.25, 0.3) is 11.5 Å². The molecule has 41 heavy (non-hydrogen) atoms. The highest BCUT2D eigenvalue weighted by Crippen LogP contribution is 2.37. The summed E-state index contributed by atoms with van der Waals surface area (Å²) in [6.45, 7) is 4.02. The molecule has 1 heterocycles. The van der Waals surface area contributed by atoms with Gasteiger partial charge in [-0.3, -0.25) is 14.2 Å². The van der Waals surface area contributed by atoms with Crippen LogP contribution in [-0.2, 0) is 13.6 Å². The molecule has 0 bridgehead atoms. The molecule has 0 unspecified atom stereocenters. The fraction of sp³-hybridized carbons (Fsp3) is 0.233. The average molecular weight is 562 g/mol. The third-order valence-corrected chi connectivity index (χ3v) is 6.97. The van der Waals surface area contributed by atoms with Gasteiger partial charge >= 0.3 is 5.69 Å². The number of nitrogens with zero attached hydrogens (tertiary/aromatic N) is 1. The second kappa shape index (κ2) is 12.3. The molecule has 0 saturated heterocycles. The zero-order valence-electron chi connectivity index (χ0n) is 23.2. The topological polar surface area (TPSA) is 151 Å². The van der Waals surface area contributed by atoms with Crippen molar-refractivity contribution in [3.05, 3.63) is 104 Å². The van der Waals surface area contributed by atoms with E-state index in [1.807, 2.05) is 38.1 Å². The summed E-state index contributed by atoms with van der Waals surface area (Å²) in [5.74, 6) is -0.749. The number of ether oxygens (including phenoxy) is 1. The summed E-state index contributed by atoms with van der Waals surface area (Å²) < 4.78 is 21.5. The summed E-state index contributed by atoms with van der Waals surface area (Å²) in [5, 5.41) is 15.0. The van der Waals surface area contributed by atoms with Crippen molar-refractivity contribution >= 4 is 11.6 Å². The molecule has 4 rings (SSSR count). The van der Waals surface area contributed by atoms with Crippen LogP contribution >= 0.6 is 0 Å². The van der Waals surface area contributed by atoms with Gasteiger partial charge in [-0.15, -0.1) is 0 Å². The lowest BCUT2D eigenvalue weighted by molar-refractivity contribution is 0.102. The predicted molar refractivity (Wildman–Crippen MR) is 155 cm³/mol. The average Bonchev–Trinajstić information content (AvgIpc) is 2.93. The summed E-state index contributed by atoms with van der Waals surface area (Å²) in [7, 11) is 2.76. The number of amides is 1. The number of carbonyl (C=O) groups is 1. The number of anilines is 1. The van der Waals surface area contributed by atoms with E-state index in [1.165, 1.54) is 20.2 Å². The molecule has 1 amide bonds. The Morgan fingerprint density at radius 1 is 1.10 bits per heavy atom. The van der Waals surface area contributed by atoms with Crippen LogP contribution in [0.25, 0.3) is 22.3 Å². The molecular weight excluding hydrogens is 529 g/mol. The maximum atomic E-state index is 15.2. The number of aromatic nitrogens is 2. The van der Waals surface area contributed by atoms with Gasteiger partial charge in [0.15, 0.2) is 0 Å². The molecule has 10 nitrogen and oxygen atoms in total. The molecule has 1 atom stereocenters. The lowest BCUT2D eigenvalue weighted by Gasteiger charge is -2.18. The van der Waals surface area contributed by atoms with E-state index < -0.39 is 29.2 Å². The lowest BCUT2D eigenvalue weighted by Crippen LogP contribution is -2.37. The molecule has 0 fully saturated rings. The van der Waals surface area contributed by atoms with Crippen LogP contribution in [0.5, 0.6) is 5.75 Å². The molecule has 0 aliphatic carbocycles. The van der Waals surface area contributed by atoms with E-state index in [1.54, 1.807) is 18.2 Å². The summed E-state index contributed by atoms with van der Waals surface area (Å²) in [5.41, 5.74) is 9.43. The number of methoxy groups -OCH3 is 1. The smallest absolute Gasteiger partial charge is 0.328 e. The SMILES string of the molecule is COc1cc(-c2cccc(-c3cccc(NC(=O)c4c[nH]c(=O)n(C)c4=O)c3C)c2C)cc(F)c1CNC[C@@H](N)O. The predicted octanol–water partition coefficient (Wildman–Crippen LogP) is 2.79. The molecule has 4 aromatic rings. The summed E-state index contributed by atoms with van der Waals surface area (Å²) in [6, 6.07) is 14.3. The highest BCUT2D eigenvalue weighted by Gasteiger charge is 2.18. The number of H-pyrrole nitrogens is 1. The second-order valence-corrected chi connectivity index (χ2v) is 9.62. The number of aromatic amines is 1. The van der Waals surface area contributed by atoms with Gasteiger partial charge in [-0.1, -0.05) is 30.3 Å². The Balaban J connectivity index is 1.69. The number of aliphatic hydroxyl groups is 1. The van der Waals surface area contributed by atoms with Gasteiger partial charge in [0.1, 0.15) is 23.4 Å². The number of benzene rings is 3. The van der Waals surface area contributed by atoms with Gasteiger partial charge in [-0.2, -0.15) is 0 Å². The number of aliphatic hydroxyl groups excluding tert-OH is 1. The van der Waals surface area contributed by atoms with Crippen LogP contribution in [0.3, 0.4) is 0 Å². The van der Waals surface area contributed by atoms with Gasteiger partial charge in [0.05, 0.1) is 7.11 Å². The first-order valence-corrected chi connectivity index (χ1v) is 12.8. The van der Waals surface area contributed by atoms with Gasteiger partial charge in [0, 0.05) is 37.6 Å². The highest BCUT2D eigenvalue weighted by atomic mass is 19.1. The normalized spacial score (nSPS) is 11.8. The standard InChI is InChI=1S/C30H32FN5O5/c1-16-19(18-11-24(31)22(26(12-18)41-4)13-33-15-27(32)37)7-5-8-20(16)21-9-6-10-25(17(21)2)35-28(38)23-14-34-30(40)36(3)29(23)39/h5-12,14,27,33,37H,13,15,32H2,1-4H3,(H,34,40)(H,35,38)/t27-/m0/s1. The molecule has 0 aliphatic rings. The molecule has 0 spiro atoms. The van der Waals surface area contributed by atoms with E-state index in [0.717, 1.165) is 38.6 Å². The van der Waals surface area contributed by atoms with Gasteiger partial charge in [-0.25, -0.2) is 9.18 Å². The fourth-order valence-electron chi connectivity index (χ4n) is 4.69. The zero-order chi connectivity index (χ0) is 29.8. The Hall–Kier alpha value is -4.58. The van der Waals surface area contributed by atoms with Crippen molar-refractivity contribution in [1.29, 1.82) is 0 Å². The van der Waals surface area contributed by atoms with Gasteiger partial charge in [0.2, 0.25) is 0 Å². The van der Waals surface area contributed by atoms with E-state index in [-0.39, 0.29) is 18.7 Å². The molecule has 6 N–H and O–H groups in total. The molecule has 11 heteroatoms. The van der Waals surface area contributed by atoms with Crippen molar-refractivity contribution in [1.82, 2.24) is 14.9 Å². The maximum Gasteiger partial charge on any atom is 0.328 e. The van der Waals surface area contributed by atoms with Crippen molar-refractivity contribution in [3.8, 4) is 28.0 Å². The number of hydrogen-bond acceptors (Lipinski definition) is 7. The van der Waals surface area contributed by atoms with Crippen molar-refractivity contribution in [2.75, 3.05) is 19.0 Å². The second-order valence-electron chi connectivity index (χ2n) is 9.62. The highest BCUT2D eigenvalue weighted by molar-refractivity contribution is 6.04. The molecule has 3 aromatic carbocycles. The van der Waals surface area contributed by atoms with E-state index in [9.17, 15) is 19.5 Å².